The van der Waals surface area contributed by atoms with Gasteiger partial charge in [0.2, 0.25) is 0 Å². The molecule has 1 aromatic heterocycles. The van der Waals surface area contributed by atoms with E-state index in [1.165, 1.54) is 17.7 Å². The molecule has 1 heterocycles. The predicted molar refractivity (Wildman–Crippen MR) is 58.9 cm³/mol. The molecule has 2 nitrogen and oxygen atoms in total. The highest BCUT2D eigenvalue weighted by molar-refractivity contribution is 7.09. The van der Waals surface area contributed by atoms with Gasteiger partial charge in [0, 0.05) is 24.0 Å². The van der Waals surface area contributed by atoms with E-state index in [-0.39, 0.29) is 0 Å². The van der Waals surface area contributed by atoms with Crippen LogP contribution in [0.5, 0.6) is 0 Å². The van der Waals surface area contributed by atoms with E-state index in [9.17, 15) is 0 Å². The van der Waals surface area contributed by atoms with Crippen LogP contribution in [0, 0.1) is 0 Å². The lowest BCUT2D eigenvalue weighted by molar-refractivity contribution is 0.484. The molecule has 0 aromatic carbocycles. The van der Waals surface area contributed by atoms with Crippen LogP contribution in [0.4, 0.5) is 0 Å². The highest BCUT2D eigenvalue weighted by Gasteiger charge is 2.03. The van der Waals surface area contributed by atoms with Crippen LogP contribution in [-0.2, 0) is 6.54 Å². The van der Waals surface area contributed by atoms with Gasteiger partial charge in [-0.25, -0.2) is 0 Å². The lowest BCUT2D eigenvalue weighted by Crippen LogP contribution is -2.35. The van der Waals surface area contributed by atoms with Crippen molar-refractivity contribution >= 4 is 11.3 Å². The summed E-state index contributed by atoms with van der Waals surface area (Å²) in [6.07, 6.45) is 2.36. The van der Waals surface area contributed by atoms with Gasteiger partial charge >= 0.3 is 0 Å². The Bertz CT molecular complexity index is 209. The zero-order valence-corrected chi connectivity index (χ0v) is 8.94. The van der Waals surface area contributed by atoms with Crippen LogP contribution < -0.4 is 11.1 Å². The zero-order chi connectivity index (χ0) is 9.52. The first kappa shape index (κ1) is 10.7. The zero-order valence-electron chi connectivity index (χ0n) is 8.12. The van der Waals surface area contributed by atoms with Crippen molar-refractivity contribution in [1.82, 2.24) is 5.32 Å². The van der Waals surface area contributed by atoms with Crippen LogP contribution >= 0.6 is 11.3 Å². The summed E-state index contributed by atoms with van der Waals surface area (Å²) in [5.41, 5.74) is 5.64. The molecule has 0 bridgehead atoms. The molecule has 1 aromatic rings. The molecule has 1 rings (SSSR count). The van der Waals surface area contributed by atoms with Crippen molar-refractivity contribution in [3.8, 4) is 0 Å². The Morgan fingerprint density at radius 1 is 1.62 bits per heavy atom. The minimum Gasteiger partial charge on any atom is -0.329 e. The molecule has 0 spiro atoms. The number of thiophene rings is 1. The molecule has 13 heavy (non-hydrogen) atoms. The van der Waals surface area contributed by atoms with Crippen molar-refractivity contribution in [3.05, 3.63) is 22.4 Å². The van der Waals surface area contributed by atoms with Gasteiger partial charge in [-0.2, -0.15) is 0 Å². The predicted octanol–water partition coefficient (Wildman–Crippen LogP) is 1.97. The topological polar surface area (TPSA) is 38.0 Å². The number of hydrogen-bond acceptors (Lipinski definition) is 3. The van der Waals surface area contributed by atoms with Crippen molar-refractivity contribution in [2.24, 2.45) is 5.73 Å². The maximum absolute atomic E-state index is 5.64. The average molecular weight is 198 g/mol. The summed E-state index contributed by atoms with van der Waals surface area (Å²) in [7, 11) is 0. The minimum atomic E-state index is 0.479. The van der Waals surface area contributed by atoms with Gasteiger partial charge < -0.3 is 11.1 Å². The fourth-order valence-corrected chi connectivity index (χ4v) is 1.97. The molecular formula is C10H18N2S. The van der Waals surface area contributed by atoms with Gasteiger partial charge in [-0.3, -0.25) is 0 Å². The van der Waals surface area contributed by atoms with Gasteiger partial charge in [0.25, 0.3) is 0 Å². The molecule has 0 aliphatic carbocycles. The highest BCUT2D eigenvalue weighted by atomic mass is 32.1. The first-order valence-corrected chi connectivity index (χ1v) is 5.70. The van der Waals surface area contributed by atoms with Crippen LogP contribution in [0.25, 0.3) is 0 Å². The third-order valence-corrected chi connectivity index (χ3v) is 2.94. The normalized spacial score (nSPS) is 13.1. The smallest absolute Gasteiger partial charge is 0.0302 e. The summed E-state index contributed by atoms with van der Waals surface area (Å²) < 4.78 is 0. The molecule has 0 aliphatic heterocycles. The standard InChI is InChI=1S/C10H18N2S/c1-2-4-9(7-11)12-8-10-5-3-6-13-10/h3,5-6,9,12H,2,4,7-8,11H2,1H3/t9-/m1/s1. The Labute approximate surface area is 84.2 Å². The summed E-state index contributed by atoms with van der Waals surface area (Å²) in [6.45, 7) is 3.88. The monoisotopic (exact) mass is 198 g/mol. The van der Waals surface area contributed by atoms with E-state index in [0.717, 1.165) is 13.1 Å². The Balaban J connectivity index is 2.23. The number of rotatable bonds is 6. The van der Waals surface area contributed by atoms with Gasteiger partial charge in [-0.15, -0.1) is 11.3 Å². The molecule has 0 saturated heterocycles. The van der Waals surface area contributed by atoms with Gasteiger partial charge in [0.15, 0.2) is 0 Å². The Hall–Kier alpha value is -0.380. The number of nitrogens with two attached hydrogens (primary N) is 1. The lowest BCUT2D eigenvalue weighted by atomic mass is 10.1. The SMILES string of the molecule is CCC[C@H](CN)NCc1cccs1. The third kappa shape index (κ3) is 3.89. The Morgan fingerprint density at radius 3 is 3.00 bits per heavy atom. The maximum atomic E-state index is 5.64. The summed E-state index contributed by atoms with van der Waals surface area (Å²) in [5, 5.41) is 5.56. The number of hydrogen-bond donors (Lipinski definition) is 2. The molecule has 0 amide bonds. The van der Waals surface area contributed by atoms with Crippen LogP contribution in [0.2, 0.25) is 0 Å². The molecule has 3 N–H and O–H groups in total. The van der Waals surface area contributed by atoms with Crippen molar-refractivity contribution in [2.45, 2.75) is 32.4 Å². The van der Waals surface area contributed by atoms with Crippen molar-refractivity contribution < 1.29 is 0 Å². The van der Waals surface area contributed by atoms with Crippen molar-refractivity contribution in [3.63, 3.8) is 0 Å². The summed E-state index contributed by atoms with van der Waals surface area (Å²) >= 11 is 1.79. The fourth-order valence-electron chi connectivity index (χ4n) is 1.31. The molecule has 1 atom stereocenters. The van der Waals surface area contributed by atoms with Gasteiger partial charge in [0.1, 0.15) is 0 Å². The summed E-state index contributed by atoms with van der Waals surface area (Å²) in [6, 6.07) is 4.71. The van der Waals surface area contributed by atoms with Crippen LogP contribution in [-0.4, -0.2) is 12.6 Å². The van der Waals surface area contributed by atoms with Gasteiger partial charge in [-0.05, 0) is 17.9 Å². The van der Waals surface area contributed by atoms with Crippen molar-refractivity contribution in [2.75, 3.05) is 6.54 Å². The van der Waals surface area contributed by atoms with Crippen LogP contribution in [0.3, 0.4) is 0 Å². The van der Waals surface area contributed by atoms with Crippen molar-refractivity contribution in [1.29, 1.82) is 0 Å². The molecule has 0 fully saturated rings. The molecule has 0 saturated carbocycles. The molecule has 0 radical (unpaired) electrons. The van der Waals surface area contributed by atoms with Gasteiger partial charge in [0.05, 0.1) is 0 Å². The quantitative estimate of drug-likeness (QED) is 0.733. The summed E-state index contributed by atoms with van der Waals surface area (Å²) in [4.78, 5) is 1.38. The summed E-state index contributed by atoms with van der Waals surface area (Å²) in [5.74, 6) is 0. The molecular weight excluding hydrogens is 180 g/mol. The fraction of sp³-hybridized carbons (Fsp3) is 0.600. The van der Waals surface area contributed by atoms with E-state index in [2.05, 4.69) is 29.8 Å². The second kappa shape index (κ2) is 6.13. The Kier molecular flexibility index (Phi) is 5.05. The van der Waals surface area contributed by atoms with Crippen LogP contribution in [0.15, 0.2) is 17.5 Å². The molecule has 0 aliphatic rings. The lowest BCUT2D eigenvalue weighted by Gasteiger charge is -2.14. The minimum absolute atomic E-state index is 0.479. The van der Waals surface area contributed by atoms with E-state index >= 15 is 0 Å². The molecule has 74 valence electrons. The average Bonchev–Trinajstić information content (AvgIpc) is 2.64. The van der Waals surface area contributed by atoms with E-state index in [0.29, 0.717) is 6.04 Å². The second-order valence-electron chi connectivity index (χ2n) is 3.18. The van der Waals surface area contributed by atoms with E-state index in [4.69, 9.17) is 5.73 Å². The molecule has 3 heteroatoms. The van der Waals surface area contributed by atoms with Gasteiger partial charge in [-0.1, -0.05) is 19.4 Å². The largest absolute Gasteiger partial charge is 0.329 e. The van der Waals surface area contributed by atoms with E-state index in [1.807, 2.05) is 0 Å². The first-order chi connectivity index (χ1) is 6.36. The maximum Gasteiger partial charge on any atom is 0.0302 e. The molecule has 0 unspecified atom stereocenters. The first-order valence-electron chi connectivity index (χ1n) is 4.82. The number of nitrogens with one attached hydrogen (secondary N) is 1. The van der Waals surface area contributed by atoms with E-state index in [1.54, 1.807) is 11.3 Å². The highest BCUT2D eigenvalue weighted by Crippen LogP contribution is 2.08. The second-order valence-corrected chi connectivity index (χ2v) is 4.21. The third-order valence-electron chi connectivity index (χ3n) is 2.07. The van der Waals surface area contributed by atoms with E-state index < -0.39 is 0 Å². The Morgan fingerprint density at radius 2 is 2.46 bits per heavy atom. The van der Waals surface area contributed by atoms with Crippen LogP contribution in [0.1, 0.15) is 24.6 Å².